The van der Waals surface area contributed by atoms with Crippen LogP contribution in [0.5, 0.6) is 0 Å². The number of aromatic nitrogens is 4. The second-order valence-electron chi connectivity index (χ2n) is 4.62. The summed E-state index contributed by atoms with van der Waals surface area (Å²) in [6.45, 7) is 2.42. The molecule has 0 atom stereocenters. The quantitative estimate of drug-likeness (QED) is 0.696. The van der Waals surface area contributed by atoms with Gasteiger partial charge in [-0.2, -0.15) is 5.10 Å². The first-order chi connectivity index (χ1) is 9.15. The van der Waals surface area contributed by atoms with Crippen molar-refractivity contribution in [3.63, 3.8) is 0 Å². The zero-order chi connectivity index (χ0) is 13.4. The van der Waals surface area contributed by atoms with Crippen molar-refractivity contribution in [2.45, 2.75) is 13.5 Å². The minimum absolute atomic E-state index is 0.112. The Kier molecular flexibility index (Phi) is 2.67. The molecular weight excluding hydrogens is 240 g/mol. The first-order valence-corrected chi connectivity index (χ1v) is 6.09. The molecule has 0 aliphatic heterocycles. The fraction of sp³-hybridized carbons (Fsp3) is 0.214. The van der Waals surface area contributed by atoms with Gasteiger partial charge >= 0.3 is 5.69 Å². The minimum Gasteiger partial charge on any atom is -0.285 e. The molecule has 0 aliphatic carbocycles. The van der Waals surface area contributed by atoms with E-state index >= 15 is 0 Å². The molecule has 0 N–H and O–H groups in total. The number of hydrogen-bond donors (Lipinski definition) is 0. The van der Waals surface area contributed by atoms with Crippen molar-refractivity contribution in [2.24, 2.45) is 7.05 Å². The Hall–Kier alpha value is -2.43. The molecule has 3 rings (SSSR count). The minimum atomic E-state index is -0.112. The number of benzene rings is 1. The molecule has 0 aliphatic rings. The van der Waals surface area contributed by atoms with E-state index in [-0.39, 0.29) is 5.69 Å². The van der Waals surface area contributed by atoms with Crippen LogP contribution in [0.25, 0.3) is 10.9 Å². The van der Waals surface area contributed by atoms with Crippen LogP contribution in [-0.2, 0) is 13.6 Å². The molecule has 1 aromatic carbocycles. The number of fused-ring (bicyclic) bond motifs is 1. The third kappa shape index (κ3) is 2.03. The molecule has 3 aromatic rings. The van der Waals surface area contributed by atoms with Crippen molar-refractivity contribution in [3.8, 4) is 0 Å². The van der Waals surface area contributed by atoms with Crippen LogP contribution in [0.15, 0.2) is 41.5 Å². The molecular formula is C14H14N4O. The Balaban J connectivity index is 2.15. The van der Waals surface area contributed by atoms with Crippen LogP contribution < -0.4 is 5.69 Å². The van der Waals surface area contributed by atoms with E-state index < -0.39 is 0 Å². The molecule has 19 heavy (non-hydrogen) atoms. The van der Waals surface area contributed by atoms with Gasteiger partial charge in [0.15, 0.2) is 0 Å². The zero-order valence-electron chi connectivity index (χ0n) is 10.9. The van der Waals surface area contributed by atoms with Crippen molar-refractivity contribution >= 4 is 10.9 Å². The lowest BCUT2D eigenvalue weighted by Crippen LogP contribution is -2.23. The lowest BCUT2D eigenvalue weighted by Gasteiger charge is -2.07. The first-order valence-electron chi connectivity index (χ1n) is 6.09. The molecule has 5 heteroatoms. The van der Waals surface area contributed by atoms with E-state index in [9.17, 15) is 4.79 Å². The number of para-hydroxylation sites is 1. The fourth-order valence-corrected chi connectivity index (χ4v) is 2.22. The van der Waals surface area contributed by atoms with Crippen molar-refractivity contribution in [3.05, 3.63) is 58.4 Å². The Bertz CT molecular complexity index is 801. The molecule has 0 fully saturated rings. The molecule has 0 unspecified atom stereocenters. The molecule has 5 nitrogen and oxygen atoms in total. The second kappa shape index (κ2) is 4.35. The van der Waals surface area contributed by atoms with Crippen LogP contribution >= 0.6 is 0 Å². The van der Waals surface area contributed by atoms with Crippen LogP contribution in [-0.4, -0.2) is 19.3 Å². The first kappa shape index (κ1) is 11.6. The Morgan fingerprint density at radius 1 is 1.26 bits per heavy atom. The van der Waals surface area contributed by atoms with Gasteiger partial charge in [0, 0.05) is 18.1 Å². The summed E-state index contributed by atoms with van der Waals surface area (Å²) in [4.78, 5) is 16.3. The van der Waals surface area contributed by atoms with Gasteiger partial charge in [-0.25, -0.2) is 9.48 Å². The number of hydrogen-bond acceptors (Lipinski definition) is 3. The van der Waals surface area contributed by atoms with Crippen LogP contribution in [0.3, 0.4) is 0 Å². The van der Waals surface area contributed by atoms with Crippen molar-refractivity contribution in [1.29, 1.82) is 0 Å². The lowest BCUT2D eigenvalue weighted by atomic mass is 10.1. The molecule has 0 spiro atoms. The van der Waals surface area contributed by atoms with Crippen molar-refractivity contribution in [2.75, 3.05) is 0 Å². The molecule has 0 saturated carbocycles. The van der Waals surface area contributed by atoms with E-state index in [1.54, 1.807) is 7.05 Å². The topological polar surface area (TPSA) is 52.7 Å². The normalized spacial score (nSPS) is 11.1. The highest BCUT2D eigenvalue weighted by Crippen LogP contribution is 2.18. The van der Waals surface area contributed by atoms with Crippen molar-refractivity contribution < 1.29 is 0 Å². The molecule has 0 saturated heterocycles. The predicted octanol–water partition coefficient (Wildman–Crippen LogP) is 1.49. The summed E-state index contributed by atoms with van der Waals surface area (Å²) in [7, 11) is 1.70. The largest absolute Gasteiger partial charge is 0.345 e. The van der Waals surface area contributed by atoms with Gasteiger partial charge in [-0.15, -0.1) is 0 Å². The predicted molar refractivity (Wildman–Crippen MR) is 73.1 cm³/mol. The van der Waals surface area contributed by atoms with Crippen molar-refractivity contribution in [1.82, 2.24) is 19.3 Å². The summed E-state index contributed by atoms with van der Waals surface area (Å²) in [5.41, 5.74) is 2.83. The molecule has 0 amide bonds. The summed E-state index contributed by atoms with van der Waals surface area (Å²) < 4.78 is 2.93. The van der Waals surface area contributed by atoms with E-state index in [1.807, 2.05) is 37.3 Å². The molecule has 2 aromatic heterocycles. The fourth-order valence-electron chi connectivity index (χ4n) is 2.22. The maximum absolute atomic E-state index is 11.8. The summed E-state index contributed by atoms with van der Waals surface area (Å²) in [6.07, 6.45) is 1.53. The van der Waals surface area contributed by atoms with Gasteiger partial charge in [-0.3, -0.25) is 9.55 Å². The Labute approximate surface area is 110 Å². The summed E-state index contributed by atoms with van der Waals surface area (Å²) >= 11 is 0. The third-order valence-electron chi connectivity index (χ3n) is 3.14. The van der Waals surface area contributed by atoms with E-state index in [4.69, 9.17) is 0 Å². The number of rotatable bonds is 2. The van der Waals surface area contributed by atoms with Gasteiger partial charge < -0.3 is 0 Å². The lowest BCUT2D eigenvalue weighted by molar-refractivity contribution is 0.649. The highest BCUT2D eigenvalue weighted by Gasteiger charge is 2.07. The third-order valence-corrected chi connectivity index (χ3v) is 3.14. The molecule has 0 radical (unpaired) electrons. The molecule has 96 valence electrons. The Morgan fingerprint density at radius 2 is 2.05 bits per heavy atom. The average molecular weight is 254 g/mol. The maximum atomic E-state index is 11.8. The van der Waals surface area contributed by atoms with E-state index in [1.165, 1.54) is 15.6 Å². The van der Waals surface area contributed by atoms with Gasteiger partial charge in [-0.05, 0) is 24.6 Å². The van der Waals surface area contributed by atoms with Gasteiger partial charge in [0.05, 0.1) is 12.1 Å². The zero-order valence-corrected chi connectivity index (χ0v) is 10.9. The van der Waals surface area contributed by atoms with Crippen LogP contribution in [0, 0.1) is 6.92 Å². The van der Waals surface area contributed by atoms with Gasteiger partial charge in [0.1, 0.15) is 6.33 Å². The maximum Gasteiger partial charge on any atom is 0.345 e. The van der Waals surface area contributed by atoms with Crippen LogP contribution in [0.4, 0.5) is 0 Å². The van der Waals surface area contributed by atoms with E-state index in [0.717, 1.165) is 22.2 Å². The summed E-state index contributed by atoms with van der Waals surface area (Å²) in [5.74, 6) is 0. The molecule has 0 bridgehead atoms. The van der Waals surface area contributed by atoms with Gasteiger partial charge in [0.25, 0.3) is 0 Å². The number of aryl methyl sites for hydroxylation is 2. The summed E-state index contributed by atoms with van der Waals surface area (Å²) in [5, 5.41) is 5.15. The van der Waals surface area contributed by atoms with E-state index in [0.29, 0.717) is 6.54 Å². The van der Waals surface area contributed by atoms with Crippen LogP contribution in [0.2, 0.25) is 0 Å². The smallest absolute Gasteiger partial charge is 0.285 e. The monoisotopic (exact) mass is 254 g/mol. The standard InChI is InChI=1S/C14H14N4O/c1-10-7-11(8-18-14(19)17(2)9-15-18)12-5-3-4-6-13(12)16-10/h3-7,9H,8H2,1-2H3. The summed E-state index contributed by atoms with van der Waals surface area (Å²) in [6, 6.07) is 9.94. The van der Waals surface area contributed by atoms with Gasteiger partial charge in [-0.1, -0.05) is 18.2 Å². The number of pyridine rings is 1. The Morgan fingerprint density at radius 3 is 2.79 bits per heavy atom. The highest BCUT2D eigenvalue weighted by atomic mass is 16.2. The van der Waals surface area contributed by atoms with Gasteiger partial charge in [0.2, 0.25) is 0 Å². The SMILES string of the molecule is Cc1cc(Cn2ncn(C)c2=O)c2ccccc2n1. The average Bonchev–Trinajstić information content (AvgIpc) is 2.70. The van der Waals surface area contributed by atoms with E-state index in [2.05, 4.69) is 10.1 Å². The second-order valence-corrected chi connectivity index (χ2v) is 4.62. The number of nitrogens with zero attached hydrogens (tertiary/aromatic N) is 4. The molecule has 2 heterocycles. The van der Waals surface area contributed by atoms with Crippen LogP contribution in [0.1, 0.15) is 11.3 Å². The highest BCUT2D eigenvalue weighted by molar-refractivity contribution is 5.82.